The van der Waals surface area contributed by atoms with Crippen molar-refractivity contribution in [3.8, 4) is 0 Å². The fraction of sp³-hybridized carbons (Fsp3) is 0.917. The molecule has 0 atom stereocenters. The van der Waals surface area contributed by atoms with Crippen LogP contribution in [0.25, 0.3) is 0 Å². The SMILES string of the molecule is CC(C)N1CCN(C(=O)CC(C)(C)C)C1. The molecule has 1 heterocycles. The third kappa shape index (κ3) is 3.82. The molecule has 1 amide bonds. The van der Waals surface area contributed by atoms with Gasteiger partial charge in [0, 0.05) is 25.6 Å². The highest BCUT2D eigenvalue weighted by Gasteiger charge is 2.27. The summed E-state index contributed by atoms with van der Waals surface area (Å²) >= 11 is 0. The van der Waals surface area contributed by atoms with Gasteiger partial charge in [-0.05, 0) is 19.3 Å². The summed E-state index contributed by atoms with van der Waals surface area (Å²) in [6, 6.07) is 0.539. The van der Waals surface area contributed by atoms with Crippen LogP contribution in [0.15, 0.2) is 0 Å². The van der Waals surface area contributed by atoms with E-state index < -0.39 is 0 Å². The molecule has 3 nitrogen and oxygen atoms in total. The predicted octanol–water partition coefficient (Wildman–Crippen LogP) is 1.93. The Hall–Kier alpha value is -0.570. The number of rotatable bonds is 2. The van der Waals surface area contributed by atoms with Crippen molar-refractivity contribution in [1.29, 1.82) is 0 Å². The van der Waals surface area contributed by atoms with Crippen molar-refractivity contribution >= 4 is 5.91 Å². The van der Waals surface area contributed by atoms with Gasteiger partial charge in [0.05, 0.1) is 6.67 Å². The lowest BCUT2D eigenvalue weighted by molar-refractivity contribution is -0.132. The van der Waals surface area contributed by atoms with E-state index in [2.05, 4.69) is 39.5 Å². The summed E-state index contributed by atoms with van der Waals surface area (Å²) in [4.78, 5) is 16.2. The molecule has 0 aliphatic carbocycles. The van der Waals surface area contributed by atoms with Crippen molar-refractivity contribution in [2.75, 3.05) is 19.8 Å². The van der Waals surface area contributed by atoms with Gasteiger partial charge in [-0.15, -0.1) is 0 Å². The van der Waals surface area contributed by atoms with E-state index in [1.807, 2.05) is 4.90 Å². The van der Waals surface area contributed by atoms with Crippen molar-refractivity contribution in [2.45, 2.75) is 47.1 Å². The summed E-state index contributed by atoms with van der Waals surface area (Å²) in [5.74, 6) is 0.297. The van der Waals surface area contributed by atoms with E-state index in [0.717, 1.165) is 19.8 Å². The molecule has 3 heteroatoms. The van der Waals surface area contributed by atoms with Gasteiger partial charge in [-0.25, -0.2) is 0 Å². The Bertz CT molecular complexity index is 230. The second-order valence-corrected chi connectivity index (χ2v) is 5.94. The number of amides is 1. The van der Waals surface area contributed by atoms with Gasteiger partial charge in [-0.3, -0.25) is 9.69 Å². The minimum absolute atomic E-state index is 0.0995. The van der Waals surface area contributed by atoms with Crippen molar-refractivity contribution in [2.24, 2.45) is 5.41 Å². The van der Waals surface area contributed by atoms with Crippen LogP contribution in [0.4, 0.5) is 0 Å². The van der Waals surface area contributed by atoms with Crippen LogP contribution >= 0.6 is 0 Å². The molecule has 0 spiro atoms. The lowest BCUT2D eigenvalue weighted by Crippen LogP contribution is -2.35. The highest BCUT2D eigenvalue weighted by atomic mass is 16.2. The number of carbonyl (C=O) groups excluding carboxylic acids is 1. The molecular formula is C12H24N2O. The van der Waals surface area contributed by atoms with Crippen LogP contribution in [0.3, 0.4) is 0 Å². The molecule has 0 bridgehead atoms. The van der Waals surface area contributed by atoms with Crippen LogP contribution in [0.1, 0.15) is 41.0 Å². The van der Waals surface area contributed by atoms with Gasteiger partial charge in [0.15, 0.2) is 0 Å². The molecule has 1 aliphatic heterocycles. The molecule has 0 aromatic rings. The van der Waals surface area contributed by atoms with Gasteiger partial charge < -0.3 is 4.90 Å². The summed E-state index contributed by atoms with van der Waals surface area (Å²) in [6.07, 6.45) is 0.652. The van der Waals surface area contributed by atoms with E-state index in [0.29, 0.717) is 18.4 Å². The average molecular weight is 212 g/mol. The summed E-state index contributed by atoms with van der Waals surface area (Å²) < 4.78 is 0. The molecule has 1 saturated heterocycles. The predicted molar refractivity (Wildman–Crippen MR) is 62.5 cm³/mol. The topological polar surface area (TPSA) is 23.6 Å². The highest BCUT2D eigenvalue weighted by Crippen LogP contribution is 2.21. The largest absolute Gasteiger partial charge is 0.328 e. The minimum atomic E-state index is 0.0995. The Balaban J connectivity index is 2.44. The van der Waals surface area contributed by atoms with Crippen molar-refractivity contribution < 1.29 is 4.79 Å². The van der Waals surface area contributed by atoms with Gasteiger partial charge in [0.1, 0.15) is 0 Å². The Kier molecular flexibility index (Phi) is 3.77. The second-order valence-electron chi connectivity index (χ2n) is 5.94. The lowest BCUT2D eigenvalue weighted by Gasteiger charge is -2.24. The Morgan fingerprint density at radius 1 is 1.27 bits per heavy atom. The molecule has 88 valence electrons. The fourth-order valence-corrected chi connectivity index (χ4v) is 1.80. The molecule has 0 unspecified atom stereocenters. The minimum Gasteiger partial charge on any atom is -0.328 e. The first-order chi connectivity index (χ1) is 6.79. The monoisotopic (exact) mass is 212 g/mol. The summed E-state index contributed by atoms with van der Waals surface area (Å²) in [7, 11) is 0. The van der Waals surface area contributed by atoms with E-state index >= 15 is 0 Å². The third-order valence-corrected chi connectivity index (χ3v) is 2.77. The first-order valence-electron chi connectivity index (χ1n) is 5.81. The quantitative estimate of drug-likeness (QED) is 0.698. The summed E-state index contributed by atoms with van der Waals surface area (Å²) in [5, 5.41) is 0. The molecule has 0 radical (unpaired) electrons. The molecule has 0 saturated carbocycles. The van der Waals surface area contributed by atoms with Crippen molar-refractivity contribution in [1.82, 2.24) is 9.80 Å². The zero-order valence-corrected chi connectivity index (χ0v) is 10.7. The van der Waals surface area contributed by atoms with E-state index in [-0.39, 0.29) is 5.41 Å². The van der Waals surface area contributed by atoms with Crippen LogP contribution in [0, 0.1) is 5.41 Å². The standard InChI is InChI=1S/C12H24N2O/c1-10(2)13-6-7-14(9-13)11(15)8-12(3,4)5/h10H,6-9H2,1-5H3. The van der Waals surface area contributed by atoms with Crippen LogP contribution in [0.2, 0.25) is 0 Å². The first kappa shape index (κ1) is 12.5. The maximum atomic E-state index is 11.9. The third-order valence-electron chi connectivity index (χ3n) is 2.77. The number of nitrogens with zero attached hydrogens (tertiary/aromatic N) is 2. The molecule has 1 rings (SSSR count). The molecule has 0 aromatic carbocycles. The molecule has 1 fully saturated rings. The molecule has 15 heavy (non-hydrogen) atoms. The molecule has 0 aromatic heterocycles. The van der Waals surface area contributed by atoms with Crippen LogP contribution < -0.4 is 0 Å². The van der Waals surface area contributed by atoms with Gasteiger partial charge in [-0.2, -0.15) is 0 Å². The Morgan fingerprint density at radius 3 is 2.27 bits per heavy atom. The normalized spacial score (nSPS) is 18.9. The molecule has 1 aliphatic rings. The van der Waals surface area contributed by atoms with Crippen LogP contribution in [0.5, 0.6) is 0 Å². The second kappa shape index (κ2) is 4.52. The number of hydrogen-bond acceptors (Lipinski definition) is 2. The van der Waals surface area contributed by atoms with Crippen LogP contribution in [-0.4, -0.2) is 41.5 Å². The lowest BCUT2D eigenvalue weighted by atomic mass is 9.92. The maximum Gasteiger partial charge on any atom is 0.224 e. The maximum absolute atomic E-state index is 11.9. The Labute approximate surface area is 93.4 Å². The van der Waals surface area contributed by atoms with E-state index in [4.69, 9.17) is 0 Å². The van der Waals surface area contributed by atoms with E-state index in [1.165, 1.54) is 0 Å². The first-order valence-corrected chi connectivity index (χ1v) is 5.81. The summed E-state index contributed by atoms with van der Waals surface area (Å²) in [6.45, 7) is 13.4. The number of carbonyl (C=O) groups is 1. The summed E-state index contributed by atoms with van der Waals surface area (Å²) in [5.41, 5.74) is 0.0995. The van der Waals surface area contributed by atoms with Crippen molar-refractivity contribution in [3.63, 3.8) is 0 Å². The fourth-order valence-electron chi connectivity index (χ4n) is 1.80. The smallest absolute Gasteiger partial charge is 0.224 e. The van der Waals surface area contributed by atoms with E-state index in [9.17, 15) is 4.79 Å². The average Bonchev–Trinajstić information content (AvgIpc) is 2.47. The molecule has 0 N–H and O–H groups in total. The van der Waals surface area contributed by atoms with Crippen LogP contribution in [-0.2, 0) is 4.79 Å². The zero-order valence-electron chi connectivity index (χ0n) is 10.7. The molecular weight excluding hydrogens is 188 g/mol. The van der Waals surface area contributed by atoms with E-state index in [1.54, 1.807) is 0 Å². The Morgan fingerprint density at radius 2 is 1.87 bits per heavy atom. The van der Waals surface area contributed by atoms with Gasteiger partial charge in [0.25, 0.3) is 0 Å². The van der Waals surface area contributed by atoms with Gasteiger partial charge in [0.2, 0.25) is 5.91 Å². The van der Waals surface area contributed by atoms with Crippen molar-refractivity contribution in [3.05, 3.63) is 0 Å². The number of hydrogen-bond donors (Lipinski definition) is 0. The zero-order chi connectivity index (χ0) is 11.6. The van der Waals surface area contributed by atoms with Gasteiger partial charge >= 0.3 is 0 Å². The van der Waals surface area contributed by atoms with Gasteiger partial charge in [-0.1, -0.05) is 20.8 Å². The highest BCUT2D eigenvalue weighted by molar-refractivity contribution is 5.77.